The van der Waals surface area contributed by atoms with Crippen molar-refractivity contribution in [3.8, 4) is 0 Å². The van der Waals surface area contributed by atoms with Crippen LogP contribution in [-0.2, 0) is 11.2 Å². The van der Waals surface area contributed by atoms with Crippen LogP contribution in [0.4, 0.5) is 0 Å². The first-order valence-electron chi connectivity index (χ1n) is 5.72. The van der Waals surface area contributed by atoms with Crippen molar-refractivity contribution in [3.05, 3.63) is 30.1 Å². The van der Waals surface area contributed by atoms with Gasteiger partial charge in [0.25, 0.3) is 0 Å². The van der Waals surface area contributed by atoms with E-state index in [1.165, 1.54) is 0 Å². The van der Waals surface area contributed by atoms with Gasteiger partial charge in [-0.1, -0.05) is 6.07 Å². The Kier molecular flexibility index (Phi) is 7.59. The summed E-state index contributed by atoms with van der Waals surface area (Å²) in [5.74, 6) is 0. The first-order chi connectivity index (χ1) is 7.93. The minimum Gasteiger partial charge on any atom is -0.394 e. The lowest BCUT2D eigenvalue weighted by Crippen LogP contribution is -2.20. The van der Waals surface area contributed by atoms with E-state index >= 15 is 0 Å². The van der Waals surface area contributed by atoms with Gasteiger partial charge >= 0.3 is 0 Å². The van der Waals surface area contributed by atoms with E-state index < -0.39 is 0 Å². The molecule has 1 aromatic rings. The van der Waals surface area contributed by atoms with Crippen LogP contribution in [0.2, 0.25) is 0 Å². The van der Waals surface area contributed by atoms with Gasteiger partial charge in [0.05, 0.1) is 13.2 Å². The Morgan fingerprint density at radius 3 is 2.94 bits per heavy atom. The van der Waals surface area contributed by atoms with Crippen LogP contribution >= 0.6 is 0 Å². The molecular weight excluding hydrogens is 204 g/mol. The number of pyridine rings is 1. The number of rotatable bonds is 9. The molecule has 1 aromatic heterocycles. The normalized spacial score (nSPS) is 10.6. The van der Waals surface area contributed by atoms with Gasteiger partial charge in [-0.2, -0.15) is 0 Å². The van der Waals surface area contributed by atoms with Crippen molar-refractivity contribution in [1.29, 1.82) is 0 Å². The molecule has 0 saturated heterocycles. The highest BCUT2D eigenvalue weighted by molar-refractivity contribution is 5.03. The topological polar surface area (TPSA) is 54.4 Å². The number of nitrogens with zero attached hydrogens (tertiary/aromatic N) is 1. The summed E-state index contributed by atoms with van der Waals surface area (Å²) in [5.41, 5.74) is 1.12. The van der Waals surface area contributed by atoms with E-state index in [9.17, 15) is 0 Å². The molecule has 4 heteroatoms. The smallest absolute Gasteiger partial charge is 0.0697 e. The minimum absolute atomic E-state index is 0.104. The molecule has 0 atom stereocenters. The molecule has 0 aliphatic rings. The van der Waals surface area contributed by atoms with Gasteiger partial charge in [-0.15, -0.1) is 0 Å². The van der Waals surface area contributed by atoms with Crippen LogP contribution in [-0.4, -0.2) is 43.0 Å². The van der Waals surface area contributed by atoms with Crippen molar-refractivity contribution in [2.75, 3.05) is 32.9 Å². The predicted octanol–water partition coefficient (Wildman–Crippen LogP) is 0.613. The Morgan fingerprint density at radius 1 is 1.25 bits per heavy atom. The molecule has 0 amide bonds. The first kappa shape index (κ1) is 13.1. The molecular formula is C12H20N2O2. The molecule has 1 heterocycles. The van der Waals surface area contributed by atoms with Gasteiger partial charge in [0.2, 0.25) is 0 Å². The van der Waals surface area contributed by atoms with E-state index in [-0.39, 0.29) is 6.61 Å². The van der Waals surface area contributed by atoms with Gasteiger partial charge in [-0.25, -0.2) is 0 Å². The Labute approximate surface area is 96.7 Å². The van der Waals surface area contributed by atoms with Crippen LogP contribution in [0.25, 0.3) is 0 Å². The molecule has 16 heavy (non-hydrogen) atoms. The number of ether oxygens (including phenoxy) is 1. The molecule has 0 aliphatic heterocycles. The average Bonchev–Trinajstić information content (AvgIpc) is 2.34. The molecule has 1 rings (SSSR count). The van der Waals surface area contributed by atoms with Crippen LogP contribution in [0.1, 0.15) is 12.1 Å². The highest BCUT2D eigenvalue weighted by Crippen LogP contribution is 1.93. The van der Waals surface area contributed by atoms with Crippen molar-refractivity contribution in [3.63, 3.8) is 0 Å². The van der Waals surface area contributed by atoms with E-state index in [1.54, 1.807) is 0 Å². The van der Waals surface area contributed by atoms with Gasteiger partial charge in [0, 0.05) is 31.5 Å². The maximum Gasteiger partial charge on any atom is 0.0697 e. The number of hydrogen-bond acceptors (Lipinski definition) is 4. The summed E-state index contributed by atoms with van der Waals surface area (Å²) >= 11 is 0. The van der Waals surface area contributed by atoms with Gasteiger partial charge in [-0.05, 0) is 25.1 Å². The van der Waals surface area contributed by atoms with Crippen LogP contribution in [0, 0.1) is 0 Å². The summed E-state index contributed by atoms with van der Waals surface area (Å²) < 4.78 is 5.15. The highest BCUT2D eigenvalue weighted by Gasteiger charge is 1.93. The largest absolute Gasteiger partial charge is 0.394 e. The number of aromatic nitrogens is 1. The van der Waals surface area contributed by atoms with Crippen molar-refractivity contribution in [2.45, 2.75) is 12.8 Å². The van der Waals surface area contributed by atoms with E-state index in [0.29, 0.717) is 13.2 Å². The summed E-state index contributed by atoms with van der Waals surface area (Å²) in [5, 5.41) is 11.8. The van der Waals surface area contributed by atoms with Gasteiger partial charge in [0.15, 0.2) is 0 Å². The molecule has 0 fully saturated rings. The number of hydrogen-bond donors (Lipinski definition) is 2. The average molecular weight is 224 g/mol. The Bertz CT molecular complexity index is 254. The molecule has 0 radical (unpaired) electrons. The second kappa shape index (κ2) is 9.27. The lowest BCUT2D eigenvalue weighted by molar-refractivity contribution is 0.0908. The zero-order valence-electron chi connectivity index (χ0n) is 9.56. The third kappa shape index (κ3) is 6.50. The summed E-state index contributed by atoms with van der Waals surface area (Å²) in [4.78, 5) is 4.24. The zero-order valence-corrected chi connectivity index (χ0v) is 9.56. The molecule has 0 saturated carbocycles. The lowest BCUT2D eigenvalue weighted by Gasteiger charge is -2.04. The number of nitrogens with one attached hydrogen (secondary N) is 1. The molecule has 0 bridgehead atoms. The van der Waals surface area contributed by atoms with Crippen molar-refractivity contribution in [2.24, 2.45) is 0 Å². The first-order valence-corrected chi connectivity index (χ1v) is 5.72. The maximum absolute atomic E-state index is 8.49. The van der Waals surface area contributed by atoms with Crippen molar-refractivity contribution >= 4 is 0 Å². The van der Waals surface area contributed by atoms with E-state index in [1.807, 2.05) is 24.4 Å². The monoisotopic (exact) mass is 224 g/mol. The van der Waals surface area contributed by atoms with E-state index in [4.69, 9.17) is 9.84 Å². The molecule has 0 unspecified atom stereocenters. The second-order valence-electron chi connectivity index (χ2n) is 3.51. The Balaban J connectivity index is 1.89. The van der Waals surface area contributed by atoms with Crippen LogP contribution in [0.15, 0.2) is 24.4 Å². The van der Waals surface area contributed by atoms with E-state index in [2.05, 4.69) is 10.3 Å². The Morgan fingerprint density at radius 2 is 2.19 bits per heavy atom. The SMILES string of the molecule is OCCOCCCNCCc1ccccn1. The van der Waals surface area contributed by atoms with Crippen molar-refractivity contribution in [1.82, 2.24) is 10.3 Å². The van der Waals surface area contributed by atoms with Gasteiger partial charge in [0.1, 0.15) is 0 Å². The summed E-state index contributed by atoms with van der Waals surface area (Å²) in [6, 6.07) is 5.96. The van der Waals surface area contributed by atoms with E-state index in [0.717, 1.165) is 31.6 Å². The minimum atomic E-state index is 0.104. The van der Waals surface area contributed by atoms with Crippen LogP contribution in [0.5, 0.6) is 0 Å². The molecule has 0 aliphatic carbocycles. The fourth-order valence-electron chi connectivity index (χ4n) is 1.35. The Hall–Kier alpha value is -0.970. The molecule has 0 spiro atoms. The third-order valence-electron chi connectivity index (χ3n) is 2.16. The lowest BCUT2D eigenvalue weighted by atomic mass is 10.3. The fourth-order valence-corrected chi connectivity index (χ4v) is 1.35. The quantitative estimate of drug-likeness (QED) is 0.604. The van der Waals surface area contributed by atoms with Crippen LogP contribution < -0.4 is 5.32 Å². The maximum atomic E-state index is 8.49. The van der Waals surface area contributed by atoms with Crippen molar-refractivity contribution < 1.29 is 9.84 Å². The fraction of sp³-hybridized carbons (Fsp3) is 0.583. The molecule has 2 N–H and O–H groups in total. The van der Waals surface area contributed by atoms with Crippen LogP contribution in [0.3, 0.4) is 0 Å². The summed E-state index contributed by atoms with van der Waals surface area (Å²) in [7, 11) is 0. The standard InChI is InChI=1S/C12H20N2O2/c15-9-11-16-10-3-6-13-8-5-12-4-1-2-7-14-12/h1-2,4,7,13,15H,3,5-6,8-11H2. The molecule has 90 valence electrons. The zero-order chi connectivity index (χ0) is 11.5. The van der Waals surface area contributed by atoms with Gasteiger partial charge in [-0.3, -0.25) is 4.98 Å². The molecule has 4 nitrogen and oxygen atoms in total. The number of aliphatic hydroxyl groups excluding tert-OH is 1. The predicted molar refractivity (Wildman–Crippen MR) is 63.3 cm³/mol. The third-order valence-corrected chi connectivity index (χ3v) is 2.16. The summed E-state index contributed by atoms with van der Waals surface area (Å²) in [6.45, 7) is 3.13. The molecule has 0 aromatic carbocycles. The second-order valence-corrected chi connectivity index (χ2v) is 3.51. The summed E-state index contributed by atoms with van der Waals surface area (Å²) in [6.07, 6.45) is 3.75. The highest BCUT2D eigenvalue weighted by atomic mass is 16.5. The number of aliphatic hydroxyl groups is 1. The van der Waals surface area contributed by atoms with Gasteiger partial charge < -0.3 is 15.2 Å².